The highest BCUT2D eigenvalue weighted by atomic mass is 35.5. The van der Waals surface area contributed by atoms with Gasteiger partial charge in [0.2, 0.25) is 20.0 Å². The number of sulfonamides is 2. The molecule has 0 radical (unpaired) electrons. The average molecular weight is 992 g/mol. The zero-order chi connectivity index (χ0) is 47.1. The van der Waals surface area contributed by atoms with Crippen molar-refractivity contribution >= 4 is 106 Å². The Bertz CT molecular complexity index is 2970. The molecular formula is C42H41Cl3N6O12S2. The first-order chi connectivity index (χ1) is 31.0. The number of hydrogen-bond acceptors (Lipinski definition) is 14. The first-order valence-corrected chi connectivity index (χ1v) is 23.3. The highest BCUT2D eigenvalue weighted by molar-refractivity contribution is 7.89. The van der Waals surface area contributed by atoms with E-state index in [1.807, 2.05) is 0 Å². The minimum atomic E-state index is -3.96. The van der Waals surface area contributed by atoms with Gasteiger partial charge in [-0.1, -0.05) is 46.9 Å². The van der Waals surface area contributed by atoms with Crippen LogP contribution in [-0.4, -0.2) is 124 Å². The number of aromatic carboxylic acids is 2. The first-order valence-electron chi connectivity index (χ1n) is 19.3. The molecule has 0 bridgehead atoms. The predicted molar refractivity (Wildman–Crippen MR) is 245 cm³/mol. The fourth-order valence-corrected chi connectivity index (χ4v) is 10.5. The third-order valence-corrected chi connectivity index (χ3v) is 14.7. The zero-order valence-corrected chi connectivity index (χ0v) is 38.4. The number of nitrogens with zero attached hydrogens (tertiary/aromatic N) is 4. The summed E-state index contributed by atoms with van der Waals surface area (Å²) in [6.45, 7) is 2.36. The van der Waals surface area contributed by atoms with Gasteiger partial charge in [-0.2, -0.15) is 8.61 Å². The molecule has 18 nitrogen and oxygen atoms in total. The van der Waals surface area contributed by atoms with Crippen LogP contribution < -0.4 is 20.5 Å². The third kappa shape index (κ3) is 10.9. The molecule has 65 heavy (non-hydrogen) atoms. The summed E-state index contributed by atoms with van der Waals surface area (Å²) in [7, 11) is -4.87. The second kappa shape index (κ2) is 21.2. The van der Waals surface area contributed by atoms with Gasteiger partial charge >= 0.3 is 11.9 Å². The molecule has 2 fully saturated rings. The maximum absolute atomic E-state index is 13.5. The molecule has 0 atom stereocenters. The summed E-state index contributed by atoms with van der Waals surface area (Å²) in [6.07, 6.45) is 2.56. The van der Waals surface area contributed by atoms with Gasteiger partial charge in [-0.3, -0.25) is 9.97 Å². The lowest BCUT2D eigenvalue weighted by Crippen LogP contribution is -2.40. The summed E-state index contributed by atoms with van der Waals surface area (Å²) >= 11 is 18.4. The van der Waals surface area contributed by atoms with Crippen LogP contribution in [0.15, 0.2) is 95.0 Å². The van der Waals surface area contributed by atoms with Crippen LogP contribution in [-0.2, 0) is 29.5 Å². The van der Waals surface area contributed by atoms with Gasteiger partial charge in [-0.15, -0.1) is 0 Å². The van der Waals surface area contributed by atoms with E-state index in [0.717, 1.165) is 0 Å². The Morgan fingerprint density at radius 1 is 0.677 bits per heavy atom. The van der Waals surface area contributed by atoms with Crippen LogP contribution in [0, 0.1) is 0 Å². The molecule has 6 aromatic rings. The maximum Gasteiger partial charge on any atom is 0.341 e. The number of carboxylic acid groups (broad SMARTS) is 2. The number of fused-ring (bicyclic) bond motifs is 2. The van der Waals surface area contributed by atoms with E-state index in [1.165, 1.54) is 53.4 Å². The van der Waals surface area contributed by atoms with Gasteiger partial charge in [0.05, 0.1) is 68.1 Å². The van der Waals surface area contributed by atoms with Crippen molar-refractivity contribution in [1.29, 1.82) is 0 Å². The molecule has 2 aromatic heterocycles. The Balaban J connectivity index is 0.000000181. The summed E-state index contributed by atoms with van der Waals surface area (Å²) < 4.78 is 75.4. The van der Waals surface area contributed by atoms with Gasteiger partial charge in [0.1, 0.15) is 32.4 Å². The van der Waals surface area contributed by atoms with Gasteiger partial charge < -0.3 is 40.2 Å². The summed E-state index contributed by atoms with van der Waals surface area (Å²) in [5.74, 6) is -1.89. The van der Waals surface area contributed by atoms with Crippen molar-refractivity contribution in [2.45, 2.75) is 9.79 Å². The van der Waals surface area contributed by atoms with Crippen molar-refractivity contribution < 1.29 is 55.6 Å². The van der Waals surface area contributed by atoms with Crippen LogP contribution in [0.4, 0.5) is 17.1 Å². The van der Waals surface area contributed by atoms with Crippen molar-refractivity contribution in [3.63, 3.8) is 0 Å². The van der Waals surface area contributed by atoms with Crippen molar-refractivity contribution in [3.05, 3.63) is 111 Å². The van der Waals surface area contributed by atoms with E-state index in [-0.39, 0.29) is 80.8 Å². The van der Waals surface area contributed by atoms with E-state index in [4.69, 9.17) is 64.6 Å². The van der Waals surface area contributed by atoms with Crippen LogP contribution in [0.3, 0.4) is 0 Å². The molecule has 4 aromatic carbocycles. The number of morpholine rings is 2. The lowest BCUT2D eigenvalue weighted by atomic mass is 10.1. The number of nitrogens with one attached hydrogen (secondary N) is 1. The number of ether oxygens (including phenoxy) is 4. The Morgan fingerprint density at radius 3 is 1.65 bits per heavy atom. The summed E-state index contributed by atoms with van der Waals surface area (Å²) in [4.78, 5) is 31.0. The monoisotopic (exact) mass is 990 g/mol. The molecule has 344 valence electrons. The minimum Gasteiger partial charge on any atom is -0.496 e. The fourth-order valence-electron chi connectivity index (χ4n) is 6.72. The number of benzene rings is 4. The van der Waals surface area contributed by atoms with E-state index in [9.17, 15) is 31.5 Å². The lowest BCUT2D eigenvalue weighted by molar-refractivity contribution is 0.0683. The second-order valence-electron chi connectivity index (χ2n) is 13.8. The summed E-state index contributed by atoms with van der Waals surface area (Å²) in [5.41, 5.74) is 6.98. The van der Waals surface area contributed by atoms with Crippen LogP contribution in [0.25, 0.3) is 21.8 Å². The van der Waals surface area contributed by atoms with Gasteiger partial charge in [0, 0.05) is 65.1 Å². The predicted octanol–water partition coefficient (Wildman–Crippen LogP) is 6.90. The van der Waals surface area contributed by atoms with Gasteiger partial charge in [-0.05, 0) is 60.7 Å². The zero-order valence-electron chi connectivity index (χ0n) is 34.5. The molecule has 23 heteroatoms. The van der Waals surface area contributed by atoms with E-state index >= 15 is 0 Å². The molecular weight excluding hydrogens is 951 g/mol. The number of anilines is 3. The Hall–Kier alpha value is -5.55. The Labute approximate surface area is 388 Å². The number of nitrogen functional groups attached to an aromatic ring is 1. The van der Waals surface area contributed by atoms with Gasteiger partial charge in [0.25, 0.3) is 0 Å². The molecule has 0 saturated carbocycles. The van der Waals surface area contributed by atoms with Crippen LogP contribution in [0.1, 0.15) is 20.7 Å². The second-order valence-corrected chi connectivity index (χ2v) is 18.9. The number of nitrogens with two attached hydrogens (primary N) is 1. The number of carboxylic acids is 2. The minimum absolute atomic E-state index is 0.000772. The van der Waals surface area contributed by atoms with E-state index in [2.05, 4.69) is 15.3 Å². The lowest BCUT2D eigenvalue weighted by Gasteiger charge is -2.27. The van der Waals surface area contributed by atoms with Crippen molar-refractivity contribution in [1.82, 2.24) is 18.6 Å². The van der Waals surface area contributed by atoms with Crippen molar-refractivity contribution in [2.24, 2.45) is 0 Å². The molecule has 2 aliphatic rings. The summed E-state index contributed by atoms with van der Waals surface area (Å²) in [6, 6.07) is 19.3. The molecule has 2 aliphatic heterocycles. The molecule has 8 rings (SSSR count). The molecule has 0 aliphatic carbocycles. The van der Waals surface area contributed by atoms with Crippen molar-refractivity contribution in [3.8, 4) is 11.5 Å². The van der Waals surface area contributed by atoms with E-state index in [1.54, 1.807) is 54.6 Å². The largest absolute Gasteiger partial charge is 0.496 e. The number of halogens is 3. The molecule has 0 spiro atoms. The molecule has 2 saturated heterocycles. The number of pyridine rings is 2. The van der Waals surface area contributed by atoms with Crippen LogP contribution >= 0.6 is 34.8 Å². The molecule has 5 N–H and O–H groups in total. The number of hydrogen-bond donors (Lipinski definition) is 4. The smallest absolute Gasteiger partial charge is 0.341 e. The standard InChI is InChI=1S/C21H20ClN3O6S.C13H12Cl2N2O3S.C8H9NO3/c1-30-17-4-2-3-16(19(17)21(26)27)24-20-14-11-13(22)5-6-15(14)23-12-18(20)32(28,29)25-7-9-31-10-8-25;14-9-1-2-11-10(7-9)13(15)12(8-16-11)21(18,19)17-3-5-20-6-4-17;1-12-6-4-2-3-5(9)7(6)8(10)11/h2-6,11-12H,7-10H2,1H3,(H,23,24)(H,26,27);1-2,7-8H,3-6H2;2-4H,9H2,1H3,(H,10,11). The van der Waals surface area contributed by atoms with E-state index in [0.29, 0.717) is 58.2 Å². The quantitative estimate of drug-likeness (QED) is 0.102. The van der Waals surface area contributed by atoms with Gasteiger partial charge in [-0.25, -0.2) is 26.4 Å². The SMILES string of the molecule is COc1cccc(N)c1C(=O)O.COc1cccc(Nc2c(S(=O)(=O)N3CCOCC3)cnc3ccc(Cl)cc23)c1C(=O)O.O=S(=O)(c1cnc2ccc(Cl)cc2c1Cl)N1CCOCC1. The molecule has 0 unspecified atom stereocenters. The summed E-state index contributed by atoms with van der Waals surface area (Å²) in [5, 5.41) is 23.5. The van der Waals surface area contributed by atoms with Gasteiger partial charge in [0.15, 0.2) is 0 Å². The van der Waals surface area contributed by atoms with Crippen LogP contribution in [0.2, 0.25) is 15.1 Å². The third-order valence-electron chi connectivity index (χ3n) is 9.92. The molecule has 4 heterocycles. The number of methoxy groups -OCH3 is 2. The Kier molecular flexibility index (Phi) is 15.9. The highest BCUT2D eigenvalue weighted by Gasteiger charge is 2.32. The maximum atomic E-state index is 13.5. The van der Waals surface area contributed by atoms with E-state index < -0.39 is 32.0 Å². The topological polar surface area (TPSA) is 250 Å². The van der Waals surface area contributed by atoms with Crippen molar-refractivity contribution in [2.75, 3.05) is 77.9 Å². The normalized spacial score (nSPS) is 14.7. The fraction of sp³-hybridized carbons (Fsp3) is 0.238. The van der Waals surface area contributed by atoms with Crippen LogP contribution in [0.5, 0.6) is 11.5 Å². The highest BCUT2D eigenvalue weighted by Crippen LogP contribution is 2.38. The number of aromatic nitrogens is 2. The first kappa shape index (κ1) is 48.9. The number of carbonyl (C=O) groups is 2. The average Bonchev–Trinajstić information content (AvgIpc) is 3.30. The Morgan fingerprint density at radius 2 is 1.14 bits per heavy atom. The molecule has 0 amide bonds. The number of rotatable bonds is 10.